The van der Waals surface area contributed by atoms with E-state index < -0.39 is 15.4 Å². The first-order chi connectivity index (χ1) is 8.86. The summed E-state index contributed by atoms with van der Waals surface area (Å²) in [4.78, 5) is 0. The van der Waals surface area contributed by atoms with Crippen molar-refractivity contribution in [1.82, 2.24) is 0 Å². The van der Waals surface area contributed by atoms with E-state index in [0.717, 1.165) is 10.2 Å². The average Bonchev–Trinajstić information content (AvgIpc) is 2.37. The quantitative estimate of drug-likeness (QED) is 0.877. The number of hydrogen-bond acceptors (Lipinski definition) is 4. The minimum atomic E-state index is -2.99. The Hall–Kier alpha value is -0.770. The molecule has 0 aromatic heterocycles. The van der Waals surface area contributed by atoms with Crippen LogP contribution in [0.2, 0.25) is 5.02 Å². The van der Waals surface area contributed by atoms with Crippen LogP contribution in [0.3, 0.4) is 0 Å². The van der Waals surface area contributed by atoms with E-state index in [2.05, 4.69) is 27.3 Å². The summed E-state index contributed by atoms with van der Waals surface area (Å²) >= 11 is 9.23. The summed E-state index contributed by atoms with van der Waals surface area (Å²) in [5.41, 5.74) is -0.0735. The van der Waals surface area contributed by atoms with Crippen molar-refractivity contribution in [1.29, 1.82) is 5.26 Å². The SMILES string of the molecule is N#CC1(Nc2ccc(Cl)c(Br)c2)CCS(=O)(=O)CC1. The van der Waals surface area contributed by atoms with Crippen LogP contribution in [0, 0.1) is 11.3 Å². The van der Waals surface area contributed by atoms with Gasteiger partial charge in [-0.1, -0.05) is 11.6 Å². The molecule has 0 atom stereocenters. The van der Waals surface area contributed by atoms with Crippen molar-refractivity contribution < 1.29 is 8.42 Å². The first kappa shape index (κ1) is 14.6. The third kappa shape index (κ3) is 3.41. The lowest BCUT2D eigenvalue weighted by molar-refractivity contribution is 0.505. The van der Waals surface area contributed by atoms with Crippen LogP contribution in [-0.4, -0.2) is 25.5 Å². The van der Waals surface area contributed by atoms with E-state index in [-0.39, 0.29) is 11.5 Å². The summed E-state index contributed by atoms with van der Waals surface area (Å²) < 4.78 is 23.6. The maximum absolute atomic E-state index is 11.4. The standard InChI is InChI=1S/C12H12BrClN2O2S/c13-10-7-9(1-2-11(10)14)16-12(8-15)3-5-19(17,18)6-4-12/h1-2,7,16H,3-6H2. The normalized spacial score (nSPS) is 20.5. The van der Waals surface area contributed by atoms with Gasteiger partial charge in [0.05, 0.1) is 22.6 Å². The van der Waals surface area contributed by atoms with Gasteiger partial charge in [0.15, 0.2) is 9.84 Å². The summed E-state index contributed by atoms with van der Waals surface area (Å²) in [7, 11) is -2.99. The number of benzene rings is 1. The van der Waals surface area contributed by atoms with Crippen LogP contribution in [0.4, 0.5) is 5.69 Å². The Morgan fingerprint density at radius 1 is 1.37 bits per heavy atom. The van der Waals surface area contributed by atoms with E-state index in [9.17, 15) is 13.7 Å². The minimum absolute atomic E-state index is 0.0440. The summed E-state index contributed by atoms with van der Waals surface area (Å²) in [6.45, 7) is 0. The van der Waals surface area contributed by atoms with Crippen molar-refractivity contribution in [2.24, 2.45) is 0 Å². The molecule has 1 N–H and O–H groups in total. The molecular formula is C12H12BrClN2O2S. The first-order valence-electron chi connectivity index (χ1n) is 5.71. The molecule has 1 saturated heterocycles. The molecule has 1 aliphatic heterocycles. The second-order valence-corrected chi connectivity index (χ2v) is 8.16. The van der Waals surface area contributed by atoms with Crippen molar-refractivity contribution >= 4 is 43.1 Å². The second-order valence-electron chi connectivity index (χ2n) is 4.60. The van der Waals surface area contributed by atoms with Gasteiger partial charge in [-0.3, -0.25) is 0 Å². The molecule has 19 heavy (non-hydrogen) atoms. The Kier molecular flexibility index (Phi) is 4.09. The van der Waals surface area contributed by atoms with Crippen molar-refractivity contribution in [2.45, 2.75) is 18.4 Å². The lowest BCUT2D eigenvalue weighted by Gasteiger charge is -2.32. The number of sulfone groups is 1. The molecule has 1 aromatic carbocycles. The number of nitrogens with zero attached hydrogens (tertiary/aromatic N) is 1. The predicted molar refractivity (Wildman–Crippen MR) is 79.0 cm³/mol. The minimum Gasteiger partial charge on any atom is -0.367 e. The number of anilines is 1. The molecule has 0 aliphatic carbocycles. The molecular weight excluding hydrogens is 352 g/mol. The summed E-state index contributed by atoms with van der Waals surface area (Å²) in [5, 5.41) is 13.1. The smallest absolute Gasteiger partial charge is 0.150 e. The predicted octanol–water partition coefficient (Wildman–Crippen LogP) is 2.99. The molecule has 2 rings (SSSR count). The lowest BCUT2D eigenvalue weighted by atomic mass is 9.93. The molecule has 0 saturated carbocycles. The van der Waals surface area contributed by atoms with E-state index in [0.29, 0.717) is 17.9 Å². The Bertz CT molecular complexity index is 626. The van der Waals surface area contributed by atoms with Crippen LogP contribution in [-0.2, 0) is 9.84 Å². The fourth-order valence-corrected chi connectivity index (χ4v) is 4.02. The summed E-state index contributed by atoms with van der Waals surface area (Å²) in [6, 6.07) is 7.49. The van der Waals surface area contributed by atoms with Gasteiger partial charge in [0.1, 0.15) is 5.54 Å². The zero-order chi connectivity index (χ0) is 14.1. The highest BCUT2D eigenvalue weighted by Crippen LogP contribution is 2.31. The average molecular weight is 364 g/mol. The summed E-state index contributed by atoms with van der Waals surface area (Å²) in [5.74, 6) is 0.0879. The van der Waals surface area contributed by atoms with Crippen LogP contribution in [0.1, 0.15) is 12.8 Å². The van der Waals surface area contributed by atoms with Gasteiger partial charge in [-0.25, -0.2) is 8.42 Å². The third-order valence-electron chi connectivity index (χ3n) is 3.20. The number of hydrogen-bond donors (Lipinski definition) is 1. The van der Waals surface area contributed by atoms with Crippen LogP contribution in [0.25, 0.3) is 0 Å². The molecule has 1 fully saturated rings. The van der Waals surface area contributed by atoms with E-state index in [4.69, 9.17) is 11.6 Å². The molecule has 1 aromatic rings. The zero-order valence-electron chi connectivity index (χ0n) is 9.99. The van der Waals surface area contributed by atoms with Crippen molar-refractivity contribution in [3.05, 3.63) is 27.7 Å². The largest absolute Gasteiger partial charge is 0.367 e. The molecule has 1 aliphatic rings. The third-order valence-corrected chi connectivity index (χ3v) is 6.06. The number of nitrogens with one attached hydrogen (secondary N) is 1. The molecule has 0 bridgehead atoms. The molecule has 0 radical (unpaired) electrons. The van der Waals surface area contributed by atoms with Crippen molar-refractivity contribution in [3.63, 3.8) is 0 Å². The van der Waals surface area contributed by atoms with Gasteiger partial charge in [0.2, 0.25) is 0 Å². The highest BCUT2D eigenvalue weighted by atomic mass is 79.9. The monoisotopic (exact) mass is 362 g/mol. The van der Waals surface area contributed by atoms with Gasteiger partial charge in [0.25, 0.3) is 0 Å². The molecule has 1 heterocycles. The lowest BCUT2D eigenvalue weighted by Crippen LogP contribution is -2.44. The van der Waals surface area contributed by atoms with Gasteiger partial charge in [-0.2, -0.15) is 5.26 Å². The zero-order valence-corrected chi connectivity index (χ0v) is 13.1. The van der Waals surface area contributed by atoms with Gasteiger partial charge in [-0.05, 0) is 47.0 Å². The van der Waals surface area contributed by atoms with Crippen molar-refractivity contribution in [3.8, 4) is 6.07 Å². The Balaban J connectivity index is 2.20. The van der Waals surface area contributed by atoms with Crippen LogP contribution in [0.5, 0.6) is 0 Å². The Morgan fingerprint density at radius 2 is 2.00 bits per heavy atom. The molecule has 102 valence electrons. The van der Waals surface area contributed by atoms with Gasteiger partial charge in [0, 0.05) is 10.2 Å². The molecule has 0 spiro atoms. The highest BCUT2D eigenvalue weighted by molar-refractivity contribution is 9.10. The molecule has 7 heteroatoms. The number of rotatable bonds is 2. The highest BCUT2D eigenvalue weighted by Gasteiger charge is 2.37. The van der Waals surface area contributed by atoms with Crippen LogP contribution < -0.4 is 5.32 Å². The number of halogens is 2. The van der Waals surface area contributed by atoms with Crippen molar-refractivity contribution in [2.75, 3.05) is 16.8 Å². The maximum atomic E-state index is 11.4. The summed E-state index contributed by atoms with van der Waals surface area (Å²) in [6.07, 6.45) is 0.595. The fourth-order valence-electron chi connectivity index (χ4n) is 2.00. The van der Waals surface area contributed by atoms with E-state index >= 15 is 0 Å². The van der Waals surface area contributed by atoms with Gasteiger partial charge >= 0.3 is 0 Å². The fraction of sp³-hybridized carbons (Fsp3) is 0.417. The van der Waals surface area contributed by atoms with Crippen LogP contribution in [0.15, 0.2) is 22.7 Å². The molecule has 4 nitrogen and oxygen atoms in total. The Labute approximate surface area is 125 Å². The second kappa shape index (κ2) is 5.31. The van der Waals surface area contributed by atoms with Crippen LogP contribution >= 0.6 is 27.5 Å². The van der Waals surface area contributed by atoms with Gasteiger partial charge < -0.3 is 5.32 Å². The van der Waals surface area contributed by atoms with E-state index in [1.807, 2.05) is 0 Å². The number of nitriles is 1. The molecule has 0 amide bonds. The molecule has 0 unspecified atom stereocenters. The van der Waals surface area contributed by atoms with E-state index in [1.165, 1.54) is 0 Å². The Morgan fingerprint density at radius 3 is 2.53 bits per heavy atom. The van der Waals surface area contributed by atoms with Gasteiger partial charge in [-0.15, -0.1) is 0 Å². The first-order valence-corrected chi connectivity index (χ1v) is 8.70. The topological polar surface area (TPSA) is 70.0 Å². The maximum Gasteiger partial charge on any atom is 0.150 e. The van der Waals surface area contributed by atoms with E-state index in [1.54, 1.807) is 18.2 Å².